The monoisotopic (exact) mass is 212 g/mol. The van der Waals surface area contributed by atoms with E-state index in [0.29, 0.717) is 0 Å². The van der Waals surface area contributed by atoms with E-state index in [9.17, 15) is 0 Å². The van der Waals surface area contributed by atoms with Crippen LogP contribution in [0.5, 0.6) is 0 Å². The molecule has 2 rings (SSSR count). The number of hydrogen-bond acceptors (Lipinski definition) is 4. The lowest BCUT2D eigenvalue weighted by Crippen LogP contribution is -2.20. The molecule has 4 heteroatoms. The number of ether oxygens (including phenoxy) is 2. The predicted octanol–water partition coefficient (Wildman–Crippen LogP) is 2.48. The lowest BCUT2D eigenvalue weighted by atomic mass is 10.2. The summed E-state index contributed by atoms with van der Waals surface area (Å²) >= 11 is 1.60. The van der Waals surface area contributed by atoms with Crippen LogP contribution in [-0.4, -0.2) is 16.9 Å². The van der Waals surface area contributed by atoms with Crippen molar-refractivity contribution in [3.8, 4) is 0 Å². The molecule has 1 aliphatic rings. The summed E-state index contributed by atoms with van der Waals surface area (Å²) in [7, 11) is 0. The van der Waals surface area contributed by atoms with Crippen LogP contribution in [0.2, 0.25) is 0 Å². The molecule has 1 aromatic heterocycles. The Balaban J connectivity index is 2.25. The zero-order valence-electron chi connectivity index (χ0n) is 8.61. The van der Waals surface area contributed by atoms with Gasteiger partial charge in [0.15, 0.2) is 5.79 Å². The van der Waals surface area contributed by atoms with Gasteiger partial charge in [-0.15, -0.1) is 11.3 Å². The zero-order chi connectivity index (χ0) is 10.3. The van der Waals surface area contributed by atoms with Crippen LogP contribution in [0.3, 0.4) is 0 Å². The Kier molecular flexibility index (Phi) is 2.37. The third kappa shape index (κ3) is 1.69. The summed E-state index contributed by atoms with van der Waals surface area (Å²) in [6.45, 7) is 9.73. The summed E-state index contributed by atoms with van der Waals surface area (Å²) in [5, 5.41) is 0. The predicted molar refractivity (Wildman–Crippen MR) is 55.0 cm³/mol. The average molecular weight is 212 g/mol. The molecule has 2 atom stereocenters. The molecular weight excluding hydrogens is 198 g/mol. The summed E-state index contributed by atoms with van der Waals surface area (Å²) in [5.41, 5.74) is 2.83. The summed E-state index contributed by atoms with van der Waals surface area (Å²) in [5.74, 6) is -0.534. The van der Waals surface area contributed by atoms with Gasteiger partial charge in [-0.1, -0.05) is 0 Å². The Morgan fingerprint density at radius 2 is 2.21 bits per heavy atom. The Morgan fingerprint density at radius 3 is 2.64 bits per heavy atom. The average Bonchev–Trinajstić information content (AvgIpc) is 2.55. The number of aromatic nitrogens is 1. The van der Waals surface area contributed by atoms with Crippen molar-refractivity contribution in [1.29, 1.82) is 0 Å². The highest BCUT2D eigenvalue weighted by molar-refractivity contribution is 7.09. The molecule has 1 aliphatic heterocycles. The van der Waals surface area contributed by atoms with Crippen LogP contribution in [0.4, 0.5) is 0 Å². The van der Waals surface area contributed by atoms with Gasteiger partial charge in [-0.2, -0.15) is 0 Å². The molecule has 77 valence electrons. The standard InChI is InChI=1S/C10H14NO2S/c1-6-9(14-5-11-6)8-7(2)12-10(3,4)13-8/h5,7-8H,2H2,1,3-4H3. The van der Waals surface area contributed by atoms with Crippen molar-refractivity contribution >= 4 is 11.3 Å². The van der Waals surface area contributed by atoms with Gasteiger partial charge in [0.05, 0.1) is 22.2 Å². The Morgan fingerprint density at radius 1 is 1.50 bits per heavy atom. The SMILES string of the molecule is [CH2]C1OC(C)(C)OC1c1scnc1C. The van der Waals surface area contributed by atoms with Crippen molar-refractivity contribution in [3.63, 3.8) is 0 Å². The van der Waals surface area contributed by atoms with Gasteiger partial charge >= 0.3 is 0 Å². The first-order valence-electron chi connectivity index (χ1n) is 4.58. The van der Waals surface area contributed by atoms with Crippen molar-refractivity contribution in [3.05, 3.63) is 23.0 Å². The first-order chi connectivity index (χ1) is 6.49. The van der Waals surface area contributed by atoms with E-state index < -0.39 is 5.79 Å². The second kappa shape index (κ2) is 3.29. The molecule has 0 N–H and O–H groups in total. The molecule has 1 aromatic rings. The first kappa shape index (κ1) is 10.1. The molecule has 0 bridgehead atoms. The molecule has 0 aromatic carbocycles. The van der Waals surface area contributed by atoms with E-state index in [0.717, 1.165) is 10.6 Å². The summed E-state index contributed by atoms with van der Waals surface area (Å²) < 4.78 is 11.4. The second-order valence-corrected chi connectivity index (χ2v) is 4.78. The first-order valence-corrected chi connectivity index (χ1v) is 5.46. The Bertz CT molecular complexity index is 335. The van der Waals surface area contributed by atoms with E-state index in [1.54, 1.807) is 11.3 Å². The van der Waals surface area contributed by atoms with Crippen LogP contribution in [-0.2, 0) is 9.47 Å². The molecule has 1 fully saturated rings. The minimum absolute atomic E-state index is 0.0718. The molecule has 0 aliphatic carbocycles. The maximum absolute atomic E-state index is 5.77. The fourth-order valence-corrected chi connectivity index (χ4v) is 2.52. The van der Waals surface area contributed by atoms with E-state index in [1.165, 1.54) is 0 Å². The largest absolute Gasteiger partial charge is 0.344 e. The van der Waals surface area contributed by atoms with E-state index in [1.807, 2.05) is 26.3 Å². The van der Waals surface area contributed by atoms with E-state index in [4.69, 9.17) is 9.47 Å². The van der Waals surface area contributed by atoms with E-state index >= 15 is 0 Å². The fraction of sp³-hybridized carbons (Fsp3) is 0.600. The van der Waals surface area contributed by atoms with Gasteiger partial charge in [0, 0.05) is 0 Å². The molecule has 0 amide bonds. The zero-order valence-corrected chi connectivity index (χ0v) is 9.43. The van der Waals surface area contributed by atoms with Gasteiger partial charge in [0.25, 0.3) is 0 Å². The highest BCUT2D eigenvalue weighted by Gasteiger charge is 2.40. The number of aryl methyl sites for hydroxylation is 1. The second-order valence-electron chi connectivity index (χ2n) is 3.90. The normalized spacial score (nSPS) is 30.9. The summed E-state index contributed by atoms with van der Waals surface area (Å²) in [6, 6.07) is 0. The molecule has 1 radical (unpaired) electrons. The molecule has 2 heterocycles. The lowest BCUT2D eigenvalue weighted by molar-refractivity contribution is -0.143. The van der Waals surface area contributed by atoms with Crippen LogP contribution < -0.4 is 0 Å². The molecule has 0 saturated carbocycles. The maximum Gasteiger partial charge on any atom is 0.164 e. The van der Waals surface area contributed by atoms with Crippen LogP contribution >= 0.6 is 11.3 Å². The van der Waals surface area contributed by atoms with Gasteiger partial charge in [-0.3, -0.25) is 0 Å². The van der Waals surface area contributed by atoms with Crippen LogP contribution in [0.25, 0.3) is 0 Å². The molecule has 14 heavy (non-hydrogen) atoms. The number of nitrogens with zero attached hydrogens (tertiary/aromatic N) is 1. The number of rotatable bonds is 1. The van der Waals surface area contributed by atoms with Gasteiger partial charge in [0.2, 0.25) is 0 Å². The minimum Gasteiger partial charge on any atom is -0.344 e. The third-order valence-corrected chi connectivity index (χ3v) is 3.22. The third-order valence-electron chi connectivity index (χ3n) is 2.22. The Labute approximate surface area is 88.1 Å². The highest BCUT2D eigenvalue weighted by Crippen LogP contribution is 2.40. The van der Waals surface area contributed by atoms with E-state index in [2.05, 4.69) is 11.9 Å². The van der Waals surface area contributed by atoms with Crippen molar-refractivity contribution < 1.29 is 9.47 Å². The van der Waals surface area contributed by atoms with Crippen molar-refractivity contribution in [2.45, 2.75) is 38.8 Å². The minimum atomic E-state index is -0.534. The van der Waals surface area contributed by atoms with Crippen molar-refractivity contribution in [1.82, 2.24) is 4.98 Å². The topological polar surface area (TPSA) is 31.4 Å². The maximum atomic E-state index is 5.77. The fourth-order valence-electron chi connectivity index (χ4n) is 1.64. The number of hydrogen-bond donors (Lipinski definition) is 0. The van der Waals surface area contributed by atoms with Gasteiger partial charge in [-0.25, -0.2) is 4.98 Å². The molecule has 0 spiro atoms. The van der Waals surface area contributed by atoms with Gasteiger partial charge in [0.1, 0.15) is 6.10 Å². The van der Waals surface area contributed by atoms with Crippen LogP contribution in [0.15, 0.2) is 5.51 Å². The van der Waals surface area contributed by atoms with E-state index in [-0.39, 0.29) is 12.2 Å². The lowest BCUT2D eigenvalue weighted by Gasteiger charge is -2.16. The molecular formula is C10H14NO2S. The highest BCUT2D eigenvalue weighted by atomic mass is 32.1. The summed E-state index contributed by atoms with van der Waals surface area (Å²) in [6.07, 6.45) is -0.221. The molecule has 2 unspecified atom stereocenters. The van der Waals surface area contributed by atoms with Crippen molar-refractivity contribution in [2.75, 3.05) is 0 Å². The van der Waals surface area contributed by atoms with Crippen LogP contribution in [0.1, 0.15) is 30.5 Å². The summed E-state index contributed by atoms with van der Waals surface area (Å²) in [4.78, 5) is 5.32. The molecule has 3 nitrogen and oxygen atoms in total. The van der Waals surface area contributed by atoms with Crippen molar-refractivity contribution in [2.24, 2.45) is 0 Å². The smallest absolute Gasteiger partial charge is 0.164 e. The quantitative estimate of drug-likeness (QED) is 0.716. The number of thiazole rings is 1. The molecule has 1 saturated heterocycles. The van der Waals surface area contributed by atoms with Crippen LogP contribution in [0, 0.1) is 13.8 Å². The van der Waals surface area contributed by atoms with Gasteiger partial charge in [-0.05, 0) is 27.7 Å². The van der Waals surface area contributed by atoms with Gasteiger partial charge < -0.3 is 9.47 Å². The Hall–Kier alpha value is -0.450.